The van der Waals surface area contributed by atoms with Gasteiger partial charge in [0.05, 0.1) is 18.2 Å². The molecule has 1 unspecified atom stereocenters. The van der Waals surface area contributed by atoms with Crippen LogP contribution < -0.4 is 10.7 Å². The summed E-state index contributed by atoms with van der Waals surface area (Å²) in [6.07, 6.45) is 1.60. The molecule has 38 heavy (non-hydrogen) atoms. The molecule has 3 aliphatic rings. The van der Waals surface area contributed by atoms with Gasteiger partial charge in [-0.1, -0.05) is 6.07 Å². The second kappa shape index (κ2) is 11.0. The van der Waals surface area contributed by atoms with Gasteiger partial charge in [0.1, 0.15) is 12.0 Å². The summed E-state index contributed by atoms with van der Waals surface area (Å²) in [5.41, 5.74) is 6.01. The van der Waals surface area contributed by atoms with Gasteiger partial charge in [-0.25, -0.2) is 28.8 Å². The average molecular weight is 548 g/mol. The van der Waals surface area contributed by atoms with Crippen LogP contribution in [0, 0.1) is 12.8 Å². The maximum Gasteiger partial charge on any atom is 0.472 e. The second-order valence-corrected chi connectivity index (χ2v) is 10.2. The zero-order chi connectivity index (χ0) is 27.6. The van der Waals surface area contributed by atoms with Gasteiger partial charge in [-0.05, 0) is 56.9 Å². The van der Waals surface area contributed by atoms with Gasteiger partial charge in [-0.15, -0.1) is 0 Å². The number of nitrogens with zero attached hydrogens (tertiary/aromatic N) is 4. The van der Waals surface area contributed by atoms with Crippen molar-refractivity contribution in [2.75, 3.05) is 19.9 Å². The summed E-state index contributed by atoms with van der Waals surface area (Å²) >= 11 is 0. The summed E-state index contributed by atoms with van der Waals surface area (Å²) in [5.74, 6) is -1.13. The van der Waals surface area contributed by atoms with Crippen molar-refractivity contribution in [3.8, 4) is 0 Å². The highest BCUT2D eigenvalue weighted by Gasteiger charge is 2.45. The van der Waals surface area contributed by atoms with Gasteiger partial charge < -0.3 is 19.8 Å². The molecule has 15 heteroatoms. The van der Waals surface area contributed by atoms with E-state index in [9.17, 15) is 18.9 Å². The third kappa shape index (κ3) is 6.10. The number of nitrogens with one attached hydrogen (secondary N) is 2. The molecule has 0 spiro atoms. The van der Waals surface area contributed by atoms with Gasteiger partial charge in [-0.3, -0.25) is 20.0 Å². The Hall–Kier alpha value is -3.58. The number of fused-ring (bicyclic) bond motifs is 1. The summed E-state index contributed by atoms with van der Waals surface area (Å²) in [6.45, 7) is 5.14. The Morgan fingerprint density at radius 2 is 2.03 bits per heavy atom. The number of hydrogen-bond donors (Lipinski definition) is 4. The van der Waals surface area contributed by atoms with Crippen LogP contribution in [0.4, 0.5) is 10.5 Å². The molecule has 1 aromatic carbocycles. The zero-order valence-corrected chi connectivity index (χ0v) is 22.0. The normalized spacial score (nSPS) is 19.8. The molecule has 1 aromatic rings. The predicted octanol–water partition coefficient (Wildman–Crippen LogP) is 1.72. The first-order valence-electron chi connectivity index (χ1n) is 11.9. The highest BCUT2D eigenvalue weighted by molar-refractivity contribution is 7.46. The van der Waals surface area contributed by atoms with Crippen LogP contribution in [-0.4, -0.2) is 75.7 Å². The Labute approximate surface area is 218 Å². The minimum absolute atomic E-state index is 0.193. The van der Waals surface area contributed by atoms with Gasteiger partial charge in [0.2, 0.25) is 12.7 Å². The van der Waals surface area contributed by atoms with Crippen molar-refractivity contribution >= 4 is 43.6 Å². The lowest BCUT2D eigenvalue weighted by atomic mass is 10.0. The van der Waals surface area contributed by atoms with Crippen LogP contribution in [0.15, 0.2) is 39.5 Å². The Balaban J connectivity index is 1.59. The molecule has 0 saturated heterocycles. The summed E-state index contributed by atoms with van der Waals surface area (Å²) in [6, 6.07) is 4.82. The van der Waals surface area contributed by atoms with Crippen molar-refractivity contribution in [1.29, 1.82) is 0 Å². The van der Waals surface area contributed by atoms with Crippen molar-refractivity contribution in [1.82, 2.24) is 20.7 Å². The molecular weight excluding hydrogens is 519 g/mol. The third-order valence-electron chi connectivity index (χ3n) is 6.23. The van der Waals surface area contributed by atoms with E-state index in [0.29, 0.717) is 47.7 Å². The number of rotatable bonds is 8. The van der Waals surface area contributed by atoms with Crippen LogP contribution in [0.1, 0.15) is 42.6 Å². The number of phosphoric acid groups is 1. The summed E-state index contributed by atoms with van der Waals surface area (Å²) in [5, 5.41) is 4.47. The molecule has 2 aliphatic heterocycles. The van der Waals surface area contributed by atoms with E-state index in [-0.39, 0.29) is 18.5 Å². The lowest BCUT2D eigenvalue weighted by Gasteiger charge is -2.26. The molecular formula is C23H29N6O8P. The number of ether oxygens (including phenoxy) is 1. The quantitative estimate of drug-likeness (QED) is 0.276. The van der Waals surface area contributed by atoms with Gasteiger partial charge in [0.15, 0.2) is 5.84 Å². The molecule has 0 aromatic heterocycles. The summed E-state index contributed by atoms with van der Waals surface area (Å²) in [4.78, 5) is 66.1. The number of carbonyl (C=O) groups excluding carboxylic acids is 3. The van der Waals surface area contributed by atoms with Crippen LogP contribution >= 0.6 is 7.82 Å². The molecule has 0 radical (unpaired) electrons. The molecule has 204 valence electrons. The molecule has 4 rings (SSSR count). The van der Waals surface area contributed by atoms with E-state index in [0.717, 1.165) is 10.5 Å². The fourth-order valence-electron chi connectivity index (χ4n) is 4.15. The van der Waals surface area contributed by atoms with E-state index in [1.807, 2.05) is 13.8 Å². The second-order valence-electron chi connectivity index (χ2n) is 8.97. The topological polar surface area (TPSA) is 182 Å². The number of amides is 3. The summed E-state index contributed by atoms with van der Waals surface area (Å²) < 4.78 is 19.8. The van der Waals surface area contributed by atoms with Gasteiger partial charge in [-0.2, -0.15) is 0 Å². The molecule has 4 N–H and O–H groups in total. The van der Waals surface area contributed by atoms with Gasteiger partial charge in [0.25, 0.3) is 5.91 Å². The van der Waals surface area contributed by atoms with E-state index in [1.165, 1.54) is 6.34 Å². The minimum atomic E-state index is -4.84. The number of aryl methyl sites for hydroxylation is 1. The number of imide groups is 1. The minimum Gasteiger partial charge on any atom is -0.421 e. The van der Waals surface area contributed by atoms with Crippen LogP contribution in [0.3, 0.4) is 0 Å². The molecule has 1 fully saturated rings. The highest BCUT2D eigenvalue weighted by Crippen LogP contribution is 2.37. The van der Waals surface area contributed by atoms with Crippen molar-refractivity contribution < 1.29 is 38.0 Å². The molecule has 0 bridgehead atoms. The molecule has 14 nitrogen and oxygen atoms in total. The van der Waals surface area contributed by atoms with Crippen molar-refractivity contribution in [3.63, 3.8) is 0 Å². The van der Waals surface area contributed by atoms with Crippen molar-refractivity contribution in [2.24, 2.45) is 15.9 Å². The van der Waals surface area contributed by atoms with Gasteiger partial charge in [0, 0.05) is 18.2 Å². The Morgan fingerprint density at radius 1 is 1.29 bits per heavy atom. The summed E-state index contributed by atoms with van der Waals surface area (Å²) in [7, 11) is -4.84. The van der Waals surface area contributed by atoms with E-state index in [4.69, 9.17) is 19.5 Å². The Morgan fingerprint density at radius 3 is 2.68 bits per heavy atom. The number of carbonyl (C=O) groups is 3. The number of phosphoric ester groups is 1. The third-order valence-corrected chi connectivity index (χ3v) is 6.67. The first-order chi connectivity index (χ1) is 18.0. The largest absolute Gasteiger partial charge is 0.472 e. The lowest BCUT2D eigenvalue weighted by molar-refractivity contribution is -0.133. The van der Waals surface area contributed by atoms with Crippen LogP contribution in [0.25, 0.3) is 0 Å². The van der Waals surface area contributed by atoms with E-state index in [2.05, 4.69) is 20.3 Å². The predicted molar refractivity (Wildman–Crippen MR) is 135 cm³/mol. The first kappa shape index (κ1) is 27.5. The Kier molecular flexibility index (Phi) is 7.97. The number of hydrogen-bond acceptors (Lipinski definition) is 9. The zero-order valence-electron chi connectivity index (χ0n) is 21.1. The first-order valence-corrected chi connectivity index (χ1v) is 13.5. The fraction of sp³-hybridized carbons (Fsp3) is 0.435. The maximum absolute atomic E-state index is 13.5. The number of benzene rings is 1. The number of hydrazine groups is 1. The fourth-order valence-corrected chi connectivity index (χ4v) is 4.34. The standard InChI is InChI=1S/C23H29N6O8P/c1-4-24-21(30)15-6-5-13(2)18(9-15)27-20-19-14(3)17(10-28(19)26-11-25-20)22(31)29(16-7-8-16)23(32)36-12-37-38(33,34)35/h5-6,9,11,16-17H,4,7-8,10,12H2,1-3H3,(H,24,30)(H,25,26,27)(H2,33,34,35). The van der Waals surface area contributed by atoms with Crippen LogP contribution in [0.5, 0.6) is 0 Å². The average Bonchev–Trinajstić information content (AvgIpc) is 3.62. The van der Waals surface area contributed by atoms with Crippen LogP contribution in [0.2, 0.25) is 0 Å². The smallest absolute Gasteiger partial charge is 0.421 e. The molecule has 1 atom stereocenters. The van der Waals surface area contributed by atoms with E-state index < -0.39 is 32.5 Å². The molecule has 1 aliphatic carbocycles. The van der Waals surface area contributed by atoms with Crippen LogP contribution in [-0.2, 0) is 18.6 Å². The van der Waals surface area contributed by atoms with Gasteiger partial charge >= 0.3 is 13.9 Å². The lowest BCUT2D eigenvalue weighted by Crippen LogP contribution is -2.46. The molecule has 1 saturated carbocycles. The van der Waals surface area contributed by atoms with Crippen molar-refractivity contribution in [2.45, 2.75) is 39.7 Å². The monoisotopic (exact) mass is 548 g/mol. The number of amidine groups is 1. The SMILES string of the molecule is CCNC(=O)c1ccc(C)c(N=C2N=CNN3CC(C(=O)N(C(=O)OCOP(=O)(O)O)C4CC4)C(C)=C23)c1. The number of aliphatic imine (C=N–C) groups is 2. The maximum atomic E-state index is 13.5. The van der Waals surface area contributed by atoms with Crippen molar-refractivity contribution in [3.05, 3.63) is 40.6 Å². The van der Waals surface area contributed by atoms with E-state index in [1.54, 1.807) is 30.1 Å². The highest BCUT2D eigenvalue weighted by atomic mass is 31.2. The molecule has 3 amide bonds. The van der Waals surface area contributed by atoms with E-state index >= 15 is 0 Å². The Bertz CT molecular complexity index is 1280. The molecule has 2 heterocycles.